The third-order valence-corrected chi connectivity index (χ3v) is 9.08. The number of rotatable bonds is 1. The molecule has 1 saturated heterocycles. The van der Waals surface area contributed by atoms with Gasteiger partial charge in [-0.15, -0.1) is 0 Å². The van der Waals surface area contributed by atoms with Crippen molar-refractivity contribution in [1.82, 2.24) is 0 Å². The van der Waals surface area contributed by atoms with Crippen LogP contribution < -0.4 is 0 Å². The summed E-state index contributed by atoms with van der Waals surface area (Å²) in [4.78, 5) is 23.9. The molecule has 4 heteroatoms. The number of ether oxygens (including phenoxy) is 2. The Balaban J connectivity index is 1.44. The van der Waals surface area contributed by atoms with Crippen molar-refractivity contribution in [3.8, 4) is 0 Å². The highest BCUT2D eigenvalue weighted by atomic mass is 16.6. The van der Waals surface area contributed by atoms with Crippen molar-refractivity contribution >= 4 is 11.8 Å². The maximum atomic E-state index is 12.5. The van der Waals surface area contributed by atoms with E-state index >= 15 is 0 Å². The quantitative estimate of drug-likeness (QED) is 0.537. The minimum Gasteiger partial charge on any atom is -0.462 e. The summed E-state index contributed by atoms with van der Waals surface area (Å²) in [6.07, 6.45) is 8.45. The van der Waals surface area contributed by atoms with Crippen LogP contribution in [0.25, 0.3) is 0 Å². The average Bonchev–Trinajstić information content (AvgIpc) is 3.15. The van der Waals surface area contributed by atoms with Gasteiger partial charge in [0.1, 0.15) is 17.5 Å². The van der Waals surface area contributed by atoms with Gasteiger partial charge in [0.05, 0.1) is 6.10 Å². The molecule has 0 aromatic rings. The van der Waals surface area contributed by atoms with Crippen LogP contribution in [0.5, 0.6) is 0 Å². The topological polar surface area (TPSA) is 55.9 Å². The van der Waals surface area contributed by atoms with Gasteiger partial charge in [-0.3, -0.25) is 9.59 Å². The lowest BCUT2D eigenvalue weighted by molar-refractivity contribution is -0.157. The number of hydrogen-bond donors (Lipinski definition) is 0. The summed E-state index contributed by atoms with van der Waals surface area (Å²) >= 11 is 0. The van der Waals surface area contributed by atoms with Crippen LogP contribution in [-0.2, 0) is 19.1 Å². The molecule has 25 heavy (non-hydrogen) atoms. The second-order valence-corrected chi connectivity index (χ2v) is 9.92. The Morgan fingerprint density at radius 3 is 2.72 bits per heavy atom. The number of hydrogen-bond acceptors (Lipinski definition) is 4. The number of epoxide rings is 1. The van der Waals surface area contributed by atoms with E-state index in [2.05, 4.69) is 13.8 Å². The number of ketones is 1. The molecule has 4 saturated carbocycles. The molecule has 0 amide bonds. The lowest BCUT2D eigenvalue weighted by Gasteiger charge is -2.58. The highest BCUT2D eigenvalue weighted by molar-refractivity contribution is 5.87. The number of fused-ring (bicyclic) bond motifs is 4. The molecule has 0 aromatic carbocycles. The summed E-state index contributed by atoms with van der Waals surface area (Å²) in [6.45, 7) is 6.18. The highest BCUT2D eigenvalue weighted by Gasteiger charge is 2.76. The Bertz CT molecular complexity index is 644. The van der Waals surface area contributed by atoms with Crippen LogP contribution in [0.1, 0.15) is 72.1 Å². The van der Waals surface area contributed by atoms with E-state index in [1.807, 2.05) is 0 Å². The van der Waals surface area contributed by atoms with Crippen molar-refractivity contribution in [1.29, 1.82) is 0 Å². The largest absolute Gasteiger partial charge is 0.462 e. The van der Waals surface area contributed by atoms with Crippen LogP contribution in [0.2, 0.25) is 0 Å². The summed E-state index contributed by atoms with van der Waals surface area (Å²) in [6, 6.07) is 0. The maximum absolute atomic E-state index is 12.5. The molecule has 1 heterocycles. The molecule has 1 spiro atoms. The van der Waals surface area contributed by atoms with Gasteiger partial charge in [-0.05, 0) is 56.3 Å². The Morgan fingerprint density at radius 1 is 1.16 bits per heavy atom. The number of carbonyl (C=O) groups excluding carboxylic acids is 2. The fourth-order valence-electron chi connectivity index (χ4n) is 7.75. The molecule has 0 N–H and O–H groups in total. The van der Waals surface area contributed by atoms with Gasteiger partial charge in [0, 0.05) is 30.6 Å². The Morgan fingerprint density at radius 2 is 1.96 bits per heavy atom. The first kappa shape index (κ1) is 16.3. The van der Waals surface area contributed by atoms with E-state index in [0.29, 0.717) is 29.6 Å². The molecule has 4 aliphatic carbocycles. The van der Waals surface area contributed by atoms with E-state index in [9.17, 15) is 9.59 Å². The van der Waals surface area contributed by atoms with Crippen LogP contribution in [0, 0.1) is 28.6 Å². The first-order valence-electron chi connectivity index (χ1n) is 10.2. The van der Waals surface area contributed by atoms with Crippen LogP contribution >= 0.6 is 0 Å². The van der Waals surface area contributed by atoms with Crippen molar-refractivity contribution < 1.29 is 19.1 Å². The Hall–Kier alpha value is -0.900. The first-order chi connectivity index (χ1) is 11.8. The molecule has 1 aliphatic heterocycles. The Labute approximate surface area is 150 Å². The molecule has 5 fully saturated rings. The molecular weight excluding hydrogens is 316 g/mol. The van der Waals surface area contributed by atoms with E-state index in [0.717, 1.165) is 51.4 Å². The minimum atomic E-state index is -0.172. The third-order valence-electron chi connectivity index (χ3n) is 9.08. The molecule has 5 aliphatic rings. The monoisotopic (exact) mass is 346 g/mol. The van der Waals surface area contributed by atoms with Gasteiger partial charge in [0.25, 0.3) is 0 Å². The van der Waals surface area contributed by atoms with Crippen molar-refractivity contribution in [2.45, 2.75) is 89.9 Å². The van der Waals surface area contributed by atoms with Crippen molar-refractivity contribution in [2.24, 2.45) is 28.6 Å². The summed E-state index contributed by atoms with van der Waals surface area (Å²) in [7, 11) is 0. The molecular formula is C21H30O4. The zero-order chi connectivity index (χ0) is 17.6. The highest BCUT2D eigenvalue weighted by Crippen LogP contribution is 2.73. The smallest absolute Gasteiger partial charge is 0.302 e. The number of carbonyl (C=O) groups is 2. The van der Waals surface area contributed by atoms with Gasteiger partial charge in [-0.25, -0.2) is 0 Å². The summed E-state index contributed by atoms with van der Waals surface area (Å²) in [5.41, 5.74) is 0.0500. The average molecular weight is 346 g/mol. The van der Waals surface area contributed by atoms with Crippen molar-refractivity contribution in [3.05, 3.63) is 0 Å². The van der Waals surface area contributed by atoms with E-state index in [1.165, 1.54) is 6.92 Å². The first-order valence-corrected chi connectivity index (χ1v) is 10.2. The van der Waals surface area contributed by atoms with Crippen LogP contribution in [0.15, 0.2) is 0 Å². The van der Waals surface area contributed by atoms with E-state index in [-0.39, 0.29) is 28.5 Å². The second-order valence-electron chi connectivity index (χ2n) is 9.92. The van der Waals surface area contributed by atoms with Crippen LogP contribution in [0.4, 0.5) is 0 Å². The summed E-state index contributed by atoms with van der Waals surface area (Å²) < 4.78 is 12.0. The molecule has 0 bridgehead atoms. The Kier molecular flexibility index (Phi) is 3.18. The SMILES string of the molecule is CC(=O)O[C@H]1CC[C@]2(C)[C@H]3CC[C@]4(C)C(=O)CC[C@H]4[C@@H]3C[C@H]3O[C@]32C1. The lowest BCUT2D eigenvalue weighted by Crippen LogP contribution is -2.58. The van der Waals surface area contributed by atoms with Gasteiger partial charge >= 0.3 is 5.97 Å². The molecule has 0 radical (unpaired) electrons. The number of Topliss-reactive ketones (excluding diaryl/α,β-unsaturated/α-hetero) is 1. The van der Waals surface area contributed by atoms with Gasteiger partial charge < -0.3 is 9.47 Å². The molecule has 0 aromatic heterocycles. The maximum Gasteiger partial charge on any atom is 0.302 e. The predicted molar refractivity (Wildman–Crippen MR) is 91.8 cm³/mol. The van der Waals surface area contributed by atoms with E-state index < -0.39 is 0 Å². The summed E-state index contributed by atoms with van der Waals surface area (Å²) in [5.74, 6) is 2.19. The second kappa shape index (κ2) is 4.88. The van der Waals surface area contributed by atoms with Crippen molar-refractivity contribution in [3.63, 3.8) is 0 Å². The van der Waals surface area contributed by atoms with Gasteiger partial charge in [-0.1, -0.05) is 13.8 Å². The molecule has 8 atom stereocenters. The van der Waals surface area contributed by atoms with Gasteiger partial charge in [0.15, 0.2) is 0 Å². The fraction of sp³-hybridized carbons (Fsp3) is 0.905. The van der Waals surface area contributed by atoms with Gasteiger partial charge in [-0.2, -0.15) is 0 Å². The standard InChI is InChI=1S/C21H30O4/c1-12(22)24-13-6-9-20(3)16-7-8-19(2)15(4-5-17(19)23)14(16)10-18-21(20,11-13)25-18/h13-16,18H,4-11H2,1-3H3/t13-,14-,15-,16-,18+,19-,20+,21+/m0/s1. The van der Waals surface area contributed by atoms with E-state index in [4.69, 9.17) is 9.47 Å². The number of esters is 1. The third kappa shape index (κ3) is 1.92. The van der Waals surface area contributed by atoms with E-state index in [1.54, 1.807) is 0 Å². The minimum absolute atomic E-state index is 0.0223. The predicted octanol–water partition coefficient (Wildman–Crippen LogP) is 3.66. The molecule has 4 nitrogen and oxygen atoms in total. The zero-order valence-electron chi connectivity index (χ0n) is 15.7. The molecule has 5 rings (SSSR count). The fourth-order valence-corrected chi connectivity index (χ4v) is 7.75. The lowest BCUT2D eigenvalue weighted by atomic mass is 9.45. The molecule has 0 unspecified atom stereocenters. The summed E-state index contributed by atoms with van der Waals surface area (Å²) in [5, 5.41) is 0. The van der Waals surface area contributed by atoms with Crippen molar-refractivity contribution in [2.75, 3.05) is 0 Å². The van der Waals surface area contributed by atoms with Crippen LogP contribution in [0.3, 0.4) is 0 Å². The van der Waals surface area contributed by atoms with Gasteiger partial charge in [0.2, 0.25) is 0 Å². The van der Waals surface area contributed by atoms with Crippen LogP contribution in [-0.4, -0.2) is 29.6 Å². The molecule has 138 valence electrons. The zero-order valence-corrected chi connectivity index (χ0v) is 15.7. The normalized spacial score (nSPS) is 56.3.